The maximum atomic E-state index is 14.2. The summed E-state index contributed by atoms with van der Waals surface area (Å²) in [5.41, 5.74) is -0.391. The van der Waals surface area contributed by atoms with Crippen molar-refractivity contribution in [3.8, 4) is 5.69 Å². The number of benzene rings is 2. The van der Waals surface area contributed by atoms with E-state index in [2.05, 4.69) is 20.1 Å². The molecule has 0 aliphatic heterocycles. The fraction of sp³-hybridized carbons (Fsp3) is 0.0476. The lowest BCUT2D eigenvalue weighted by molar-refractivity contribution is 0.101. The molecule has 168 valence electrons. The SMILES string of the molecule is Cc1cc(=O)c(C(=O)Nc2ccc(S(=O)(=O)Nc3nccs3)cc2)nn1-c1ccccc1F. The fourth-order valence-corrected chi connectivity index (χ4v) is 4.72. The Kier molecular flexibility index (Phi) is 6.03. The molecule has 33 heavy (non-hydrogen) atoms. The number of carbonyl (C=O) groups excluding carboxylic acids is 1. The molecule has 0 bridgehead atoms. The van der Waals surface area contributed by atoms with Gasteiger partial charge in [0, 0.05) is 29.0 Å². The zero-order chi connectivity index (χ0) is 23.6. The highest BCUT2D eigenvalue weighted by Crippen LogP contribution is 2.20. The Morgan fingerprint density at radius 1 is 1.12 bits per heavy atom. The monoisotopic (exact) mass is 485 g/mol. The van der Waals surface area contributed by atoms with E-state index in [1.54, 1.807) is 18.4 Å². The molecular formula is C21H16FN5O4S2. The maximum absolute atomic E-state index is 14.2. The van der Waals surface area contributed by atoms with Crippen LogP contribution in [0.4, 0.5) is 15.2 Å². The molecule has 1 amide bonds. The number of hydrogen-bond acceptors (Lipinski definition) is 7. The highest BCUT2D eigenvalue weighted by Gasteiger charge is 2.18. The third-order valence-electron chi connectivity index (χ3n) is 4.48. The van der Waals surface area contributed by atoms with Crippen LogP contribution in [0.1, 0.15) is 16.2 Å². The lowest BCUT2D eigenvalue weighted by Gasteiger charge is -2.12. The van der Waals surface area contributed by atoms with Crippen LogP contribution in [0.3, 0.4) is 0 Å². The summed E-state index contributed by atoms with van der Waals surface area (Å²) in [4.78, 5) is 28.9. The Labute approximate surface area is 191 Å². The minimum atomic E-state index is -3.85. The summed E-state index contributed by atoms with van der Waals surface area (Å²) in [6.07, 6.45) is 1.47. The van der Waals surface area contributed by atoms with Gasteiger partial charge >= 0.3 is 0 Å². The standard InChI is InChI=1S/C21H16FN5O4S2/c1-13-12-18(28)19(25-27(13)17-5-3-2-4-16(17)22)20(29)24-14-6-8-15(9-7-14)33(30,31)26-21-23-10-11-32-21/h2-12H,1H3,(H,23,26)(H,24,29). The van der Waals surface area contributed by atoms with Gasteiger partial charge in [0.05, 0.1) is 4.90 Å². The molecule has 0 saturated carbocycles. The number of nitrogens with zero attached hydrogens (tertiary/aromatic N) is 3. The first-order valence-electron chi connectivity index (χ1n) is 9.44. The van der Waals surface area contributed by atoms with Crippen LogP contribution >= 0.6 is 11.3 Å². The number of hydrogen-bond donors (Lipinski definition) is 2. The lowest BCUT2D eigenvalue weighted by atomic mass is 10.2. The van der Waals surface area contributed by atoms with Gasteiger partial charge in [-0.1, -0.05) is 12.1 Å². The molecule has 0 radical (unpaired) electrons. The van der Waals surface area contributed by atoms with Crippen molar-refractivity contribution in [1.29, 1.82) is 0 Å². The van der Waals surface area contributed by atoms with Gasteiger partial charge in [0.1, 0.15) is 11.5 Å². The van der Waals surface area contributed by atoms with Crippen molar-refractivity contribution in [2.75, 3.05) is 10.0 Å². The minimum Gasteiger partial charge on any atom is -0.320 e. The number of para-hydroxylation sites is 1. The summed E-state index contributed by atoms with van der Waals surface area (Å²) in [6.45, 7) is 1.57. The van der Waals surface area contributed by atoms with E-state index in [1.807, 2.05) is 0 Å². The van der Waals surface area contributed by atoms with Crippen LogP contribution in [-0.2, 0) is 10.0 Å². The summed E-state index contributed by atoms with van der Waals surface area (Å²) in [5.74, 6) is -1.38. The number of halogens is 1. The van der Waals surface area contributed by atoms with Gasteiger partial charge in [0.25, 0.3) is 15.9 Å². The number of aryl methyl sites for hydroxylation is 1. The second kappa shape index (κ2) is 8.92. The summed E-state index contributed by atoms with van der Waals surface area (Å²) in [7, 11) is -3.85. The number of sulfonamides is 1. The molecule has 2 N–H and O–H groups in total. The quantitative estimate of drug-likeness (QED) is 0.432. The van der Waals surface area contributed by atoms with Crippen LogP contribution in [0.5, 0.6) is 0 Å². The Balaban J connectivity index is 1.57. The van der Waals surface area contributed by atoms with Crippen molar-refractivity contribution in [2.45, 2.75) is 11.8 Å². The van der Waals surface area contributed by atoms with Gasteiger partial charge in [-0.3, -0.25) is 14.3 Å². The zero-order valence-corrected chi connectivity index (χ0v) is 18.7. The third kappa shape index (κ3) is 4.81. The third-order valence-corrected chi connectivity index (χ3v) is 6.65. The molecule has 0 aliphatic carbocycles. The van der Waals surface area contributed by atoms with Gasteiger partial charge < -0.3 is 5.32 Å². The average molecular weight is 486 g/mol. The first-order chi connectivity index (χ1) is 15.7. The molecule has 2 aromatic heterocycles. The number of anilines is 2. The van der Waals surface area contributed by atoms with Crippen molar-refractivity contribution in [2.24, 2.45) is 0 Å². The average Bonchev–Trinajstić information content (AvgIpc) is 3.27. The molecule has 12 heteroatoms. The molecule has 0 atom stereocenters. The Bertz CT molecular complexity index is 1480. The highest BCUT2D eigenvalue weighted by molar-refractivity contribution is 7.93. The first-order valence-corrected chi connectivity index (χ1v) is 11.8. The number of nitrogens with one attached hydrogen (secondary N) is 2. The summed E-state index contributed by atoms with van der Waals surface area (Å²) < 4.78 is 42.5. The molecule has 4 aromatic rings. The molecule has 9 nitrogen and oxygen atoms in total. The number of carbonyl (C=O) groups is 1. The van der Waals surface area contributed by atoms with E-state index in [9.17, 15) is 22.4 Å². The highest BCUT2D eigenvalue weighted by atomic mass is 32.2. The molecule has 0 saturated heterocycles. The predicted octanol–water partition coefficient (Wildman–Crippen LogP) is 3.19. The van der Waals surface area contributed by atoms with Crippen LogP contribution in [0.2, 0.25) is 0 Å². The minimum absolute atomic E-state index is 0.0360. The molecule has 2 heterocycles. The number of thiazole rings is 1. The van der Waals surface area contributed by atoms with Crippen LogP contribution < -0.4 is 15.5 Å². The van der Waals surface area contributed by atoms with Gasteiger partial charge in [0.15, 0.2) is 10.8 Å². The molecule has 0 unspecified atom stereocenters. The van der Waals surface area contributed by atoms with Crippen molar-refractivity contribution in [3.05, 3.63) is 93.6 Å². The van der Waals surface area contributed by atoms with Gasteiger partial charge in [-0.2, -0.15) is 5.10 Å². The Morgan fingerprint density at radius 3 is 2.52 bits per heavy atom. The summed E-state index contributed by atoms with van der Waals surface area (Å²) in [6, 6.07) is 12.4. The smallest absolute Gasteiger partial charge is 0.280 e. The normalized spacial score (nSPS) is 11.2. The van der Waals surface area contributed by atoms with Crippen LogP contribution in [0, 0.1) is 12.7 Å². The van der Waals surface area contributed by atoms with Crippen molar-refractivity contribution in [3.63, 3.8) is 0 Å². The Hall–Kier alpha value is -3.90. The number of amides is 1. The van der Waals surface area contributed by atoms with E-state index in [1.165, 1.54) is 59.4 Å². The zero-order valence-electron chi connectivity index (χ0n) is 17.0. The second-order valence-corrected chi connectivity index (χ2v) is 9.36. The largest absolute Gasteiger partial charge is 0.320 e. The van der Waals surface area contributed by atoms with Crippen molar-refractivity contribution < 1.29 is 17.6 Å². The molecule has 0 fully saturated rings. The number of aromatic nitrogens is 3. The fourth-order valence-electron chi connectivity index (χ4n) is 2.93. The van der Waals surface area contributed by atoms with E-state index in [0.29, 0.717) is 5.69 Å². The van der Waals surface area contributed by atoms with Crippen LogP contribution in [0.15, 0.2) is 75.9 Å². The van der Waals surface area contributed by atoms with E-state index < -0.39 is 32.9 Å². The van der Waals surface area contributed by atoms with Crippen LogP contribution in [0.25, 0.3) is 5.69 Å². The molecule has 2 aromatic carbocycles. The summed E-state index contributed by atoms with van der Waals surface area (Å²) in [5, 5.41) is 8.40. The van der Waals surface area contributed by atoms with E-state index in [0.717, 1.165) is 11.3 Å². The van der Waals surface area contributed by atoms with E-state index in [4.69, 9.17) is 0 Å². The predicted molar refractivity (Wildman–Crippen MR) is 122 cm³/mol. The van der Waals surface area contributed by atoms with Gasteiger partial charge in [0.2, 0.25) is 5.43 Å². The van der Waals surface area contributed by atoms with Crippen molar-refractivity contribution in [1.82, 2.24) is 14.8 Å². The molecule has 0 aliphatic rings. The maximum Gasteiger partial charge on any atom is 0.280 e. The van der Waals surface area contributed by atoms with Crippen LogP contribution in [-0.4, -0.2) is 29.1 Å². The molecular weight excluding hydrogens is 469 g/mol. The first kappa shape index (κ1) is 22.3. The second-order valence-electron chi connectivity index (χ2n) is 6.78. The van der Waals surface area contributed by atoms with Gasteiger partial charge in [-0.25, -0.2) is 22.5 Å². The summed E-state index contributed by atoms with van der Waals surface area (Å²) >= 11 is 1.14. The van der Waals surface area contributed by atoms with Crippen molar-refractivity contribution >= 4 is 38.1 Å². The van der Waals surface area contributed by atoms with Gasteiger partial charge in [-0.05, 0) is 43.3 Å². The molecule has 4 rings (SSSR count). The molecule has 0 spiro atoms. The lowest BCUT2D eigenvalue weighted by Crippen LogP contribution is -2.27. The van der Waals surface area contributed by atoms with Gasteiger partial charge in [-0.15, -0.1) is 11.3 Å². The number of rotatable bonds is 6. The van der Waals surface area contributed by atoms with E-state index >= 15 is 0 Å². The Morgan fingerprint density at radius 2 is 1.85 bits per heavy atom. The topological polar surface area (TPSA) is 123 Å². The van der Waals surface area contributed by atoms with E-state index in [-0.39, 0.29) is 21.4 Å².